The molecule has 11 aromatic rings. The van der Waals surface area contributed by atoms with Gasteiger partial charge in [-0.15, -0.1) is 0 Å². The van der Waals surface area contributed by atoms with Gasteiger partial charge in [-0.1, -0.05) is 182 Å². The maximum atomic E-state index is 5.20. The van der Waals surface area contributed by atoms with E-state index >= 15 is 0 Å². The molecule has 3 nitrogen and oxygen atoms in total. The quantitative estimate of drug-likeness (QED) is 0.171. The Kier molecular flexibility index (Phi) is 7.82. The molecule has 0 saturated heterocycles. The topological polar surface area (TPSA) is 30.7 Å². The lowest BCUT2D eigenvalue weighted by Gasteiger charge is -2.16. The average Bonchev–Trinajstić information content (AvgIpc) is 3.63. The predicted octanol–water partition coefficient (Wildman–Crippen LogP) is 14.2. The Morgan fingerprint density at radius 3 is 1.42 bits per heavy atom. The van der Waals surface area contributed by atoms with Crippen LogP contribution in [-0.4, -0.2) is 14.5 Å². The van der Waals surface area contributed by atoms with Crippen LogP contribution in [0.2, 0.25) is 0 Å². The molecule has 0 fully saturated rings. The van der Waals surface area contributed by atoms with Gasteiger partial charge in [0.25, 0.3) is 0 Å². The van der Waals surface area contributed by atoms with Crippen LogP contribution in [-0.2, 0) is 0 Å². The van der Waals surface area contributed by atoms with Crippen molar-refractivity contribution in [2.75, 3.05) is 0 Å². The summed E-state index contributed by atoms with van der Waals surface area (Å²) in [4.78, 5) is 10.2. The van der Waals surface area contributed by atoms with Crippen LogP contribution in [0.4, 0.5) is 0 Å². The molecule has 0 radical (unpaired) electrons. The van der Waals surface area contributed by atoms with Crippen molar-refractivity contribution in [2.24, 2.45) is 0 Å². The Morgan fingerprint density at radius 2 is 0.754 bits per heavy atom. The van der Waals surface area contributed by atoms with E-state index in [-0.39, 0.29) is 0 Å². The van der Waals surface area contributed by atoms with Crippen LogP contribution in [0.25, 0.3) is 105 Å². The highest BCUT2D eigenvalue weighted by Gasteiger charge is 2.18. The second kappa shape index (κ2) is 13.6. The summed E-state index contributed by atoms with van der Waals surface area (Å²) < 4.78 is 2.39. The van der Waals surface area contributed by atoms with Crippen LogP contribution in [0.1, 0.15) is 0 Å². The van der Waals surface area contributed by atoms with Gasteiger partial charge < -0.3 is 4.57 Å². The number of fused-ring (bicyclic) bond motifs is 5. The van der Waals surface area contributed by atoms with E-state index in [0.717, 1.165) is 39.2 Å². The molecule has 2 heterocycles. The van der Waals surface area contributed by atoms with E-state index in [4.69, 9.17) is 9.97 Å². The zero-order chi connectivity index (χ0) is 37.7. The standard InChI is InChI=1S/C54H35N3/c1-4-16-36(17-5-1)50-35-51(56-54(55-50)37-18-6-2-7-19-37)47-33-32-46(43-24-12-13-25-44(43)47)45-31-30-40(41-22-10-11-23-42(41)45)38-28-29-49-48-26-14-15-27-52(48)57(53(49)34-38)39-20-8-3-9-21-39/h1-35H. The van der Waals surface area contributed by atoms with Crippen LogP contribution >= 0.6 is 0 Å². The molecular weight excluding hydrogens is 691 g/mol. The van der Waals surface area contributed by atoms with E-state index in [2.05, 4.69) is 193 Å². The molecule has 0 spiro atoms. The highest BCUT2D eigenvalue weighted by molar-refractivity contribution is 6.14. The largest absolute Gasteiger partial charge is 0.309 e. The normalized spacial score (nSPS) is 11.5. The van der Waals surface area contributed by atoms with E-state index in [9.17, 15) is 0 Å². The van der Waals surface area contributed by atoms with Gasteiger partial charge in [-0.25, -0.2) is 9.97 Å². The van der Waals surface area contributed by atoms with Gasteiger partial charge in [0.05, 0.1) is 22.4 Å². The predicted molar refractivity (Wildman–Crippen MR) is 239 cm³/mol. The number of para-hydroxylation sites is 2. The number of rotatable bonds is 6. The second-order valence-electron chi connectivity index (χ2n) is 14.5. The summed E-state index contributed by atoms with van der Waals surface area (Å²) in [5.74, 6) is 0.712. The van der Waals surface area contributed by atoms with Crippen molar-refractivity contribution in [3.8, 4) is 61.8 Å². The van der Waals surface area contributed by atoms with Crippen LogP contribution in [0.15, 0.2) is 212 Å². The van der Waals surface area contributed by atoms with Crippen molar-refractivity contribution in [1.29, 1.82) is 0 Å². The maximum Gasteiger partial charge on any atom is 0.160 e. The Hall–Kier alpha value is -7.62. The van der Waals surface area contributed by atoms with E-state index in [1.54, 1.807) is 0 Å². The lowest BCUT2D eigenvalue weighted by Crippen LogP contribution is -1.96. The molecule has 0 amide bonds. The molecule has 57 heavy (non-hydrogen) atoms. The van der Waals surface area contributed by atoms with Crippen LogP contribution < -0.4 is 0 Å². The Balaban J connectivity index is 1.07. The van der Waals surface area contributed by atoms with Gasteiger partial charge in [-0.3, -0.25) is 0 Å². The fraction of sp³-hybridized carbons (Fsp3) is 0. The molecule has 0 bridgehead atoms. The molecule has 2 aromatic heterocycles. The summed E-state index contributed by atoms with van der Waals surface area (Å²) in [6.07, 6.45) is 0. The molecule has 0 atom stereocenters. The highest BCUT2D eigenvalue weighted by atomic mass is 15.0. The highest BCUT2D eigenvalue weighted by Crippen LogP contribution is 2.42. The number of benzene rings is 9. The third-order valence-electron chi connectivity index (χ3n) is 11.2. The molecule has 11 rings (SSSR count). The summed E-state index contributed by atoms with van der Waals surface area (Å²) in [6.45, 7) is 0. The maximum absolute atomic E-state index is 5.20. The van der Waals surface area contributed by atoms with E-state index < -0.39 is 0 Å². The van der Waals surface area contributed by atoms with Crippen molar-refractivity contribution in [2.45, 2.75) is 0 Å². The molecule has 0 saturated carbocycles. The number of nitrogens with zero attached hydrogens (tertiary/aromatic N) is 3. The van der Waals surface area contributed by atoms with Gasteiger partial charge in [-0.05, 0) is 74.1 Å². The smallest absolute Gasteiger partial charge is 0.160 e. The third kappa shape index (κ3) is 5.60. The van der Waals surface area contributed by atoms with Crippen LogP contribution in [0, 0.1) is 0 Å². The van der Waals surface area contributed by atoms with E-state index in [1.807, 2.05) is 24.3 Å². The number of aromatic nitrogens is 3. The fourth-order valence-electron chi connectivity index (χ4n) is 8.59. The van der Waals surface area contributed by atoms with Gasteiger partial charge >= 0.3 is 0 Å². The van der Waals surface area contributed by atoms with Gasteiger partial charge in [0.1, 0.15) is 0 Å². The number of hydrogen-bond acceptors (Lipinski definition) is 2. The van der Waals surface area contributed by atoms with Gasteiger partial charge in [-0.2, -0.15) is 0 Å². The van der Waals surface area contributed by atoms with Gasteiger partial charge in [0, 0.05) is 33.2 Å². The van der Waals surface area contributed by atoms with Crippen molar-refractivity contribution in [1.82, 2.24) is 14.5 Å². The minimum Gasteiger partial charge on any atom is -0.309 e. The zero-order valence-corrected chi connectivity index (χ0v) is 31.0. The van der Waals surface area contributed by atoms with Crippen molar-refractivity contribution in [3.05, 3.63) is 212 Å². The summed E-state index contributed by atoms with van der Waals surface area (Å²) in [5, 5.41) is 7.29. The Bertz CT molecular complexity index is 3220. The van der Waals surface area contributed by atoms with E-state index in [0.29, 0.717) is 5.82 Å². The summed E-state index contributed by atoms with van der Waals surface area (Å²) in [5.41, 5.74) is 13.3. The number of hydrogen-bond donors (Lipinski definition) is 0. The Labute approximate surface area is 330 Å². The van der Waals surface area contributed by atoms with Crippen molar-refractivity contribution >= 4 is 43.4 Å². The van der Waals surface area contributed by atoms with E-state index in [1.165, 1.54) is 60.2 Å². The molecule has 0 aliphatic carbocycles. The molecule has 266 valence electrons. The molecule has 9 aromatic carbocycles. The fourth-order valence-corrected chi connectivity index (χ4v) is 8.59. The van der Waals surface area contributed by atoms with Crippen LogP contribution in [0.3, 0.4) is 0 Å². The first-order chi connectivity index (χ1) is 28.3. The molecule has 0 N–H and O–H groups in total. The van der Waals surface area contributed by atoms with Crippen molar-refractivity contribution in [3.63, 3.8) is 0 Å². The first-order valence-corrected chi connectivity index (χ1v) is 19.4. The molecular formula is C54H35N3. The molecule has 0 unspecified atom stereocenters. The monoisotopic (exact) mass is 725 g/mol. The second-order valence-corrected chi connectivity index (χ2v) is 14.5. The lowest BCUT2D eigenvalue weighted by atomic mass is 9.88. The third-order valence-corrected chi connectivity index (χ3v) is 11.2. The Morgan fingerprint density at radius 1 is 0.281 bits per heavy atom. The molecule has 0 aliphatic rings. The summed E-state index contributed by atoms with van der Waals surface area (Å²) in [7, 11) is 0. The first-order valence-electron chi connectivity index (χ1n) is 19.4. The minimum absolute atomic E-state index is 0.712. The van der Waals surface area contributed by atoms with Crippen LogP contribution in [0.5, 0.6) is 0 Å². The average molecular weight is 726 g/mol. The van der Waals surface area contributed by atoms with Gasteiger partial charge in [0.2, 0.25) is 0 Å². The summed E-state index contributed by atoms with van der Waals surface area (Å²) >= 11 is 0. The first kappa shape index (κ1) is 32.8. The summed E-state index contributed by atoms with van der Waals surface area (Å²) in [6, 6.07) is 75.7. The molecule has 0 aliphatic heterocycles. The lowest BCUT2D eigenvalue weighted by molar-refractivity contribution is 1.18. The minimum atomic E-state index is 0.712. The zero-order valence-electron chi connectivity index (χ0n) is 31.0. The van der Waals surface area contributed by atoms with Gasteiger partial charge in [0.15, 0.2) is 5.82 Å². The van der Waals surface area contributed by atoms with Crippen molar-refractivity contribution < 1.29 is 0 Å². The SMILES string of the molecule is c1ccc(-c2cc(-c3ccc(-c4ccc(-c5ccc6c7ccccc7n(-c7ccccc7)c6c5)c5ccccc45)c4ccccc34)nc(-c3ccccc3)n2)cc1. The molecule has 3 heteroatoms.